The zero-order valence-corrected chi connectivity index (χ0v) is 12.8. The van der Waals surface area contributed by atoms with E-state index < -0.39 is 0 Å². The van der Waals surface area contributed by atoms with E-state index in [-0.39, 0.29) is 11.4 Å². The van der Waals surface area contributed by atoms with Crippen LogP contribution in [0.15, 0.2) is 22.7 Å². The van der Waals surface area contributed by atoms with Gasteiger partial charge in [-0.3, -0.25) is 4.79 Å². The Morgan fingerprint density at radius 1 is 1.44 bits per heavy atom. The summed E-state index contributed by atoms with van der Waals surface area (Å²) >= 11 is 3.43. The van der Waals surface area contributed by atoms with Crippen molar-refractivity contribution in [2.45, 2.75) is 45.7 Å². The van der Waals surface area contributed by atoms with Gasteiger partial charge in [-0.2, -0.15) is 0 Å². The molecule has 0 radical (unpaired) electrons. The summed E-state index contributed by atoms with van der Waals surface area (Å²) in [6, 6.07) is 6.06. The van der Waals surface area contributed by atoms with Crippen molar-refractivity contribution in [1.82, 2.24) is 5.32 Å². The summed E-state index contributed by atoms with van der Waals surface area (Å²) in [5.41, 5.74) is 7.87. The van der Waals surface area contributed by atoms with E-state index in [9.17, 15) is 4.79 Å². The van der Waals surface area contributed by atoms with E-state index in [1.807, 2.05) is 39.0 Å². The average Bonchev–Trinajstić information content (AvgIpc) is 2.26. The van der Waals surface area contributed by atoms with Crippen molar-refractivity contribution in [2.75, 3.05) is 0 Å². The summed E-state index contributed by atoms with van der Waals surface area (Å²) in [5.74, 6) is 0.0490. The van der Waals surface area contributed by atoms with Crippen LogP contribution in [0.2, 0.25) is 0 Å². The zero-order chi connectivity index (χ0) is 13.8. The predicted octanol–water partition coefficient (Wildman–Crippen LogP) is 2.89. The molecule has 0 atom stereocenters. The molecule has 3 nitrogen and oxygen atoms in total. The van der Waals surface area contributed by atoms with Crippen molar-refractivity contribution in [1.29, 1.82) is 0 Å². The lowest BCUT2D eigenvalue weighted by atomic mass is 10.00. The van der Waals surface area contributed by atoms with Crippen molar-refractivity contribution in [2.24, 2.45) is 5.73 Å². The van der Waals surface area contributed by atoms with Crippen LogP contribution in [0, 0.1) is 6.92 Å². The second kappa shape index (κ2) is 6.34. The molecule has 100 valence electrons. The number of carbonyl (C=O) groups is 1. The van der Waals surface area contributed by atoms with Gasteiger partial charge in [0.05, 0.1) is 0 Å². The van der Waals surface area contributed by atoms with Crippen LogP contribution >= 0.6 is 15.9 Å². The van der Waals surface area contributed by atoms with E-state index in [0.29, 0.717) is 19.4 Å². The molecule has 0 aliphatic heterocycles. The van der Waals surface area contributed by atoms with Crippen LogP contribution in [0.4, 0.5) is 0 Å². The summed E-state index contributed by atoms with van der Waals surface area (Å²) in [4.78, 5) is 11.7. The van der Waals surface area contributed by atoms with E-state index in [0.717, 1.165) is 10.0 Å². The smallest absolute Gasteiger partial charge is 0.220 e. The Morgan fingerprint density at radius 3 is 2.72 bits per heavy atom. The highest BCUT2D eigenvalue weighted by molar-refractivity contribution is 9.10. The van der Waals surface area contributed by atoms with Crippen LogP contribution in [0.5, 0.6) is 0 Å². The number of benzene rings is 1. The highest BCUT2D eigenvalue weighted by Crippen LogP contribution is 2.16. The number of hydrogen-bond donors (Lipinski definition) is 2. The first-order valence-corrected chi connectivity index (χ1v) is 6.88. The number of aryl methyl sites for hydroxylation is 1. The molecule has 1 aromatic rings. The SMILES string of the molecule is Cc1ccc(Br)cc1CNC(=O)CCC(C)(C)N. The third kappa shape index (κ3) is 5.65. The Labute approximate surface area is 117 Å². The van der Waals surface area contributed by atoms with Crippen molar-refractivity contribution < 1.29 is 4.79 Å². The maximum atomic E-state index is 11.7. The van der Waals surface area contributed by atoms with E-state index in [2.05, 4.69) is 21.2 Å². The first-order chi connectivity index (χ1) is 8.28. The van der Waals surface area contributed by atoms with Gasteiger partial charge in [0.15, 0.2) is 0 Å². The number of amides is 1. The number of nitrogens with one attached hydrogen (secondary N) is 1. The van der Waals surface area contributed by atoms with Crippen LogP contribution in [-0.2, 0) is 11.3 Å². The van der Waals surface area contributed by atoms with Gasteiger partial charge in [-0.25, -0.2) is 0 Å². The fraction of sp³-hybridized carbons (Fsp3) is 0.500. The molecule has 0 saturated heterocycles. The summed E-state index contributed by atoms with van der Waals surface area (Å²) in [5, 5.41) is 2.92. The lowest BCUT2D eigenvalue weighted by Crippen LogP contribution is -2.34. The highest BCUT2D eigenvalue weighted by atomic mass is 79.9. The van der Waals surface area contributed by atoms with Gasteiger partial charge in [-0.05, 0) is 50.5 Å². The molecule has 4 heteroatoms. The van der Waals surface area contributed by atoms with Gasteiger partial charge in [-0.1, -0.05) is 22.0 Å². The van der Waals surface area contributed by atoms with Gasteiger partial charge in [0.25, 0.3) is 0 Å². The molecule has 0 aliphatic carbocycles. The molecule has 0 spiro atoms. The van der Waals surface area contributed by atoms with Gasteiger partial charge in [0, 0.05) is 23.0 Å². The monoisotopic (exact) mass is 312 g/mol. The molecule has 1 aromatic carbocycles. The Bertz CT molecular complexity index is 424. The second-order valence-corrected chi connectivity index (χ2v) is 6.25. The van der Waals surface area contributed by atoms with Crippen LogP contribution in [-0.4, -0.2) is 11.4 Å². The van der Waals surface area contributed by atoms with Gasteiger partial charge >= 0.3 is 0 Å². The third-order valence-electron chi connectivity index (χ3n) is 2.78. The largest absolute Gasteiger partial charge is 0.352 e. The molecule has 0 unspecified atom stereocenters. The first kappa shape index (κ1) is 15.2. The standard InChI is InChI=1S/C14H21BrN2O/c1-10-4-5-12(15)8-11(10)9-17-13(18)6-7-14(2,3)16/h4-5,8H,6-7,9,16H2,1-3H3,(H,17,18). The van der Waals surface area contributed by atoms with Crippen LogP contribution in [0.1, 0.15) is 37.8 Å². The maximum Gasteiger partial charge on any atom is 0.220 e. The molecule has 0 aromatic heterocycles. The first-order valence-electron chi connectivity index (χ1n) is 6.08. The minimum absolute atomic E-state index is 0.0490. The zero-order valence-electron chi connectivity index (χ0n) is 11.2. The van der Waals surface area contributed by atoms with Gasteiger partial charge in [-0.15, -0.1) is 0 Å². The molecule has 1 rings (SSSR count). The molecule has 0 heterocycles. The quantitative estimate of drug-likeness (QED) is 0.878. The second-order valence-electron chi connectivity index (χ2n) is 5.34. The van der Waals surface area contributed by atoms with Crippen LogP contribution < -0.4 is 11.1 Å². The average molecular weight is 313 g/mol. The van der Waals surface area contributed by atoms with E-state index >= 15 is 0 Å². The minimum Gasteiger partial charge on any atom is -0.352 e. The molecule has 0 aliphatic rings. The molecular formula is C14H21BrN2O. The fourth-order valence-electron chi connectivity index (χ4n) is 1.55. The molecule has 18 heavy (non-hydrogen) atoms. The Hall–Kier alpha value is -0.870. The molecule has 0 bridgehead atoms. The number of halogens is 1. The Morgan fingerprint density at radius 2 is 2.11 bits per heavy atom. The lowest BCUT2D eigenvalue weighted by Gasteiger charge is -2.17. The fourth-order valence-corrected chi connectivity index (χ4v) is 1.96. The highest BCUT2D eigenvalue weighted by Gasteiger charge is 2.13. The minimum atomic E-state index is -0.289. The topological polar surface area (TPSA) is 55.1 Å². The van der Waals surface area contributed by atoms with Gasteiger partial charge < -0.3 is 11.1 Å². The number of rotatable bonds is 5. The number of nitrogens with two attached hydrogens (primary N) is 1. The normalized spacial score (nSPS) is 11.4. The van der Waals surface area contributed by atoms with Crippen molar-refractivity contribution in [3.05, 3.63) is 33.8 Å². The third-order valence-corrected chi connectivity index (χ3v) is 3.28. The van der Waals surface area contributed by atoms with Crippen molar-refractivity contribution >= 4 is 21.8 Å². The molecule has 1 amide bonds. The van der Waals surface area contributed by atoms with Crippen LogP contribution in [0.25, 0.3) is 0 Å². The summed E-state index contributed by atoms with van der Waals surface area (Å²) in [7, 11) is 0. The molecule has 3 N–H and O–H groups in total. The number of hydrogen-bond acceptors (Lipinski definition) is 2. The van der Waals surface area contributed by atoms with Crippen LogP contribution in [0.3, 0.4) is 0 Å². The van der Waals surface area contributed by atoms with E-state index in [4.69, 9.17) is 5.73 Å². The lowest BCUT2D eigenvalue weighted by molar-refractivity contribution is -0.121. The van der Waals surface area contributed by atoms with E-state index in [1.54, 1.807) is 0 Å². The van der Waals surface area contributed by atoms with Crippen molar-refractivity contribution in [3.63, 3.8) is 0 Å². The van der Waals surface area contributed by atoms with E-state index in [1.165, 1.54) is 5.56 Å². The predicted molar refractivity (Wildman–Crippen MR) is 78.2 cm³/mol. The molecule has 0 saturated carbocycles. The Balaban J connectivity index is 2.45. The van der Waals surface area contributed by atoms with Gasteiger partial charge in [0.1, 0.15) is 0 Å². The maximum absolute atomic E-state index is 11.7. The Kier molecular flexibility index (Phi) is 5.35. The van der Waals surface area contributed by atoms with Gasteiger partial charge in [0.2, 0.25) is 5.91 Å². The molecule has 0 fully saturated rings. The molecular weight excluding hydrogens is 292 g/mol. The summed E-state index contributed by atoms with van der Waals surface area (Å²) in [6.45, 7) is 6.46. The number of carbonyl (C=O) groups excluding carboxylic acids is 1. The summed E-state index contributed by atoms with van der Waals surface area (Å²) < 4.78 is 1.03. The van der Waals surface area contributed by atoms with Crippen molar-refractivity contribution in [3.8, 4) is 0 Å². The summed E-state index contributed by atoms with van der Waals surface area (Å²) in [6.07, 6.45) is 1.16.